The van der Waals surface area contributed by atoms with Crippen molar-refractivity contribution in [1.29, 1.82) is 0 Å². The fourth-order valence-electron chi connectivity index (χ4n) is 3.29. The van der Waals surface area contributed by atoms with Crippen LogP contribution >= 0.6 is 11.8 Å². The summed E-state index contributed by atoms with van der Waals surface area (Å²) >= 11 is 1.42. The van der Waals surface area contributed by atoms with Crippen molar-refractivity contribution in [2.45, 2.75) is 57.9 Å². The molecule has 152 valence electrons. The van der Waals surface area contributed by atoms with Crippen molar-refractivity contribution in [3.8, 4) is 5.69 Å². The van der Waals surface area contributed by atoms with E-state index in [1.807, 2.05) is 55.7 Å². The predicted molar refractivity (Wildman–Crippen MR) is 120 cm³/mol. The van der Waals surface area contributed by atoms with E-state index in [0.717, 1.165) is 33.9 Å². The molecule has 2 aromatic carbocycles. The van der Waals surface area contributed by atoms with Gasteiger partial charge in [-0.05, 0) is 56.4 Å². The van der Waals surface area contributed by atoms with Gasteiger partial charge in [0.05, 0.1) is 10.9 Å². The first-order valence-electron chi connectivity index (χ1n) is 9.84. The molecular formula is C23H28N4OS. The van der Waals surface area contributed by atoms with E-state index in [1.165, 1.54) is 11.8 Å². The molecule has 6 heteroatoms. The molecule has 3 rings (SSSR count). The largest absolute Gasteiger partial charge is 0.325 e. The molecule has 0 radical (unpaired) electrons. The maximum Gasteiger partial charge on any atom is 0.237 e. The van der Waals surface area contributed by atoms with E-state index >= 15 is 0 Å². The van der Waals surface area contributed by atoms with E-state index in [0.29, 0.717) is 11.1 Å². The number of hydrogen-bond acceptors (Lipinski definition) is 4. The monoisotopic (exact) mass is 408 g/mol. The van der Waals surface area contributed by atoms with E-state index in [1.54, 1.807) is 0 Å². The van der Waals surface area contributed by atoms with Gasteiger partial charge in [0.2, 0.25) is 5.91 Å². The molecule has 29 heavy (non-hydrogen) atoms. The second kappa shape index (κ2) is 8.82. The first-order valence-corrected chi connectivity index (χ1v) is 10.7. The summed E-state index contributed by atoms with van der Waals surface area (Å²) in [5, 5.41) is 12.1. The van der Waals surface area contributed by atoms with Gasteiger partial charge in [0.1, 0.15) is 5.82 Å². The Kier molecular flexibility index (Phi) is 6.42. The molecular weight excluding hydrogens is 380 g/mol. The molecule has 0 fully saturated rings. The highest BCUT2D eigenvalue weighted by Crippen LogP contribution is 2.30. The summed E-state index contributed by atoms with van der Waals surface area (Å²) in [6.07, 6.45) is 0. The van der Waals surface area contributed by atoms with E-state index in [9.17, 15) is 4.79 Å². The summed E-state index contributed by atoms with van der Waals surface area (Å²) in [4.78, 5) is 13.0. The minimum atomic E-state index is -0.319. The van der Waals surface area contributed by atoms with Gasteiger partial charge in [-0.2, -0.15) is 0 Å². The number of rotatable bonds is 6. The lowest BCUT2D eigenvalue weighted by Crippen LogP contribution is -2.24. The van der Waals surface area contributed by atoms with Crippen LogP contribution in [-0.4, -0.2) is 25.9 Å². The number of nitrogens with zero attached hydrogens (tertiary/aromatic N) is 3. The quantitative estimate of drug-likeness (QED) is 0.552. The molecule has 0 spiro atoms. The zero-order valence-electron chi connectivity index (χ0n) is 17.9. The Morgan fingerprint density at radius 2 is 1.66 bits per heavy atom. The van der Waals surface area contributed by atoms with E-state index < -0.39 is 0 Å². The van der Waals surface area contributed by atoms with Crippen molar-refractivity contribution in [1.82, 2.24) is 14.8 Å². The number of hydrogen-bond donors (Lipinski definition) is 1. The molecule has 1 unspecified atom stereocenters. The number of carbonyl (C=O) groups excluding carboxylic acids is 1. The molecule has 1 aromatic heterocycles. The SMILES string of the molecule is Cc1ccccc1-n1c(C)nnc1SC(C)C(=O)Nc1c(C)cccc1C(C)C. The second-order valence-electron chi connectivity index (χ2n) is 7.59. The topological polar surface area (TPSA) is 59.8 Å². The van der Waals surface area contributed by atoms with Crippen LogP contribution in [0, 0.1) is 20.8 Å². The fraction of sp³-hybridized carbons (Fsp3) is 0.348. The molecule has 3 aromatic rings. The number of amides is 1. The van der Waals surface area contributed by atoms with E-state index in [2.05, 4.69) is 48.4 Å². The standard InChI is InChI=1S/C23H28N4OS/c1-14(2)19-12-9-11-16(4)21(19)24-22(28)17(5)29-23-26-25-18(6)27(23)20-13-8-7-10-15(20)3/h7-14,17H,1-6H3,(H,24,28). The third kappa shape index (κ3) is 4.53. The Morgan fingerprint density at radius 3 is 2.34 bits per heavy atom. The first kappa shape index (κ1) is 21.1. The third-order valence-electron chi connectivity index (χ3n) is 4.98. The normalized spacial score (nSPS) is 12.2. The van der Waals surface area contributed by atoms with Crippen LogP contribution in [-0.2, 0) is 4.79 Å². The molecule has 5 nitrogen and oxygen atoms in total. The molecule has 1 heterocycles. The van der Waals surface area contributed by atoms with Crippen LogP contribution in [0.15, 0.2) is 47.6 Å². The van der Waals surface area contributed by atoms with Crippen LogP contribution < -0.4 is 5.32 Å². The van der Waals surface area contributed by atoms with Crippen molar-refractivity contribution in [3.05, 3.63) is 65.0 Å². The average Bonchev–Trinajstić information content (AvgIpc) is 3.03. The Balaban J connectivity index is 1.83. The van der Waals surface area contributed by atoms with Crippen molar-refractivity contribution in [2.24, 2.45) is 0 Å². The van der Waals surface area contributed by atoms with Crippen molar-refractivity contribution < 1.29 is 4.79 Å². The predicted octanol–water partition coefficient (Wildman–Crippen LogP) is 5.44. The number of benzene rings is 2. The summed E-state index contributed by atoms with van der Waals surface area (Å²) in [5.74, 6) is 1.10. The van der Waals surface area contributed by atoms with E-state index in [4.69, 9.17) is 0 Å². The van der Waals surface area contributed by atoms with Gasteiger partial charge in [0.15, 0.2) is 5.16 Å². The molecule has 0 aliphatic carbocycles. The number of anilines is 1. The highest BCUT2D eigenvalue weighted by molar-refractivity contribution is 8.00. The van der Waals surface area contributed by atoms with Gasteiger partial charge in [0, 0.05) is 5.69 Å². The average molecular weight is 409 g/mol. The molecule has 0 bridgehead atoms. The smallest absolute Gasteiger partial charge is 0.237 e. The van der Waals surface area contributed by atoms with Gasteiger partial charge in [-0.1, -0.05) is 62.0 Å². The summed E-state index contributed by atoms with van der Waals surface area (Å²) < 4.78 is 2.01. The minimum Gasteiger partial charge on any atom is -0.325 e. The Hall–Kier alpha value is -2.60. The summed E-state index contributed by atoms with van der Waals surface area (Å²) in [6.45, 7) is 12.2. The summed E-state index contributed by atoms with van der Waals surface area (Å²) in [7, 11) is 0. The lowest BCUT2D eigenvalue weighted by Gasteiger charge is -2.19. The van der Waals surface area contributed by atoms with Gasteiger partial charge in [-0.25, -0.2) is 0 Å². The molecule has 1 amide bonds. The van der Waals surface area contributed by atoms with Crippen LogP contribution in [0.1, 0.15) is 49.2 Å². The van der Waals surface area contributed by atoms with Crippen LogP contribution in [0.4, 0.5) is 5.69 Å². The second-order valence-corrected chi connectivity index (χ2v) is 8.90. The van der Waals surface area contributed by atoms with Gasteiger partial charge >= 0.3 is 0 Å². The maximum atomic E-state index is 13.0. The minimum absolute atomic E-state index is 0.0387. The zero-order chi connectivity index (χ0) is 21.1. The number of aromatic nitrogens is 3. The molecule has 0 saturated heterocycles. The summed E-state index contributed by atoms with van der Waals surface area (Å²) in [5.41, 5.74) is 5.30. The number of aryl methyl sites for hydroxylation is 3. The number of thioether (sulfide) groups is 1. The van der Waals surface area contributed by atoms with Gasteiger partial charge in [-0.15, -0.1) is 10.2 Å². The van der Waals surface area contributed by atoms with E-state index in [-0.39, 0.29) is 11.2 Å². The van der Waals surface area contributed by atoms with Gasteiger partial charge in [0.25, 0.3) is 0 Å². The summed E-state index contributed by atoms with van der Waals surface area (Å²) in [6, 6.07) is 14.2. The molecule has 1 atom stereocenters. The zero-order valence-corrected chi connectivity index (χ0v) is 18.7. The van der Waals surface area contributed by atoms with Gasteiger partial charge in [-0.3, -0.25) is 9.36 Å². The number of carbonyl (C=O) groups is 1. The highest BCUT2D eigenvalue weighted by Gasteiger charge is 2.22. The Bertz CT molecular complexity index is 1030. The first-order chi connectivity index (χ1) is 13.8. The fourth-order valence-corrected chi connectivity index (χ4v) is 4.20. The van der Waals surface area contributed by atoms with Gasteiger partial charge < -0.3 is 5.32 Å². The highest BCUT2D eigenvalue weighted by atomic mass is 32.2. The third-order valence-corrected chi connectivity index (χ3v) is 6.02. The van der Waals surface area contributed by atoms with Crippen LogP contribution in [0.2, 0.25) is 0 Å². The lowest BCUT2D eigenvalue weighted by atomic mass is 9.98. The number of para-hydroxylation sites is 2. The Morgan fingerprint density at radius 1 is 0.966 bits per heavy atom. The van der Waals surface area contributed by atoms with Crippen molar-refractivity contribution in [2.75, 3.05) is 5.32 Å². The molecule has 0 aliphatic rings. The molecule has 1 N–H and O–H groups in total. The van der Waals surface area contributed by atoms with Crippen LogP contribution in [0.5, 0.6) is 0 Å². The van der Waals surface area contributed by atoms with Crippen LogP contribution in [0.25, 0.3) is 5.69 Å². The van der Waals surface area contributed by atoms with Crippen molar-refractivity contribution in [3.63, 3.8) is 0 Å². The number of nitrogens with one attached hydrogen (secondary N) is 1. The maximum absolute atomic E-state index is 13.0. The van der Waals surface area contributed by atoms with Crippen molar-refractivity contribution >= 4 is 23.4 Å². The molecule has 0 aliphatic heterocycles. The molecule has 0 saturated carbocycles. The lowest BCUT2D eigenvalue weighted by molar-refractivity contribution is -0.115. The van der Waals surface area contributed by atoms with Crippen LogP contribution in [0.3, 0.4) is 0 Å². The Labute approximate surface area is 176 Å².